The first kappa shape index (κ1) is 12.3. The summed E-state index contributed by atoms with van der Waals surface area (Å²) >= 11 is 3.04. The van der Waals surface area contributed by atoms with Gasteiger partial charge in [0.05, 0.1) is 11.6 Å². The number of aliphatic hydroxyl groups excluding tert-OH is 1. The van der Waals surface area contributed by atoms with Gasteiger partial charge in [-0.2, -0.15) is 13.2 Å². The van der Waals surface area contributed by atoms with E-state index in [1.807, 2.05) is 0 Å². The first-order chi connectivity index (χ1) is 6.86. The van der Waals surface area contributed by atoms with E-state index in [0.29, 0.717) is 10.2 Å². The smallest absolute Gasteiger partial charge is 0.418 e. The standard InChI is InChI=1S/C9H8BrF3O2/c1-15-7-3-2-5(4-6(7)10)8(14)9(11,12)13/h2-4,8,14H,1H3. The number of halogens is 4. The zero-order valence-corrected chi connectivity index (χ0v) is 9.26. The van der Waals surface area contributed by atoms with Crippen LogP contribution in [0, 0.1) is 0 Å². The van der Waals surface area contributed by atoms with Crippen molar-refractivity contribution >= 4 is 15.9 Å². The Kier molecular flexibility index (Phi) is 3.62. The monoisotopic (exact) mass is 284 g/mol. The average Bonchev–Trinajstić information content (AvgIpc) is 2.15. The number of rotatable bonds is 2. The molecule has 0 aliphatic carbocycles. The van der Waals surface area contributed by atoms with Gasteiger partial charge in [-0.15, -0.1) is 0 Å². The Morgan fingerprint density at radius 2 is 2.00 bits per heavy atom. The van der Waals surface area contributed by atoms with Crippen LogP contribution in [0.2, 0.25) is 0 Å². The molecule has 1 unspecified atom stereocenters. The van der Waals surface area contributed by atoms with E-state index < -0.39 is 12.3 Å². The van der Waals surface area contributed by atoms with Gasteiger partial charge in [0.2, 0.25) is 0 Å². The minimum Gasteiger partial charge on any atom is -0.496 e. The minimum absolute atomic E-state index is 0.227. The molecular formula is C9H8BrF3O2. The molecule has 0 aliphatic rings. The molecule has 0 bridgehead atoms. The number of hydrogen-bond acceptors (Lipinski definition) is 2. The van der Waals surface area contributed by atoms with Crippen molar-refractivity contribution in [2.75, 3.05) is 7.11 Å². The number of methoxy groups -OCH3 is 1. The molecule has 1 rings (SSSR count). The lowest BCUT2D eigenvalue weighted by Crippen LogP contribution is -2.20. The van der Waals surface area contributed by atoms with Crippen LogP contribution >= 0.6 is 15.9 Å². The van der Waals surface area contributed by atoms with Crippen molar-refractivity contribution in [3.05, 3.63) is 28.2 Å². The summed E-state index contributed by atoms with van der Waals surface area (Å²) in [4.78, 5) is 0. The Bertz CT molecular complexity index is 352. The molecule has 0 aliphatic heterocycles. The highest BCUT2D eigenvalue weighted by Crippen LogP contribution is 2.35. The zero-order valence-electron chi connectivity index (χ0n) is 7.68. The van der Waals surface area contributed by atoms with E-state index >= 15 is 0 Å². The lowest BCUT2D eigenvalue weighted by atomic mass is 10.1. The third-order valence-corrected chi connectivity index (χ3v) is 2.42. The highest BCUT2D eigenvalue weighted by atomic mass is 79.9. The topological polar surface area (TPSA) is 29.5 Å². The number of ether oxygens (including phenoxy) is 1. The fourth-order valence-corrected chi connectivity index (χ4v) is 1.60. The SMILES string of the molecule is COc1ccc(C(O)C(F)(F)F)cc1Br. The van der Waals surface area contributed by atoms with Crippen molar-refractivity contribution in [3.8, 4) is 5.75 Å². The summed E-state index contributed by atoms with van der Waals surface area (Å²) in [6.07, 6.45) is -7.13. The van der Waals surface area contributed by atoms with Crippen LogP contribution in [0.25, 0.3) is 0 Å². The highest BCUT2D eigenvalue weighted by Gasteiger charge is 2.39. The van der Waals surface area contributed by atoms with Crippen LogP contribution in [0.5, 0.6) is 5.75 Å². The Morgan fingerprint density at radius 1 is 1.40 bits per heavy atom. The number of alkyl halides is 3. The molecule has 0 saturated carbocycles. The van der Waals surface area contributed by atoms with Gasteiger partial charge in [-0.05, 0) is 33.6 Å². The molecule has 0 heterocycles. The van der Waals surface area contributed by atoms with Crippen molar-refractivity contribution in [2.45, 2.75) is 12.3 Å². The summed E-state index contributed by atoms with van der Waals surface area (Å²) in [6.45, 7) is 0. The Morgan fingerprint density at radius 3 is 2.40 bits per heavy atom. The molecule has 0 fully saturated rings. The quantitative estimate of drug-likeness (QED) is 0.905. The Balaban J connectivity index is 3.02. The van der Waals surface area contributed by atoms with Crippen molar-refractivity contribution < 1.29 is 23.0 Å². The fraction of sp³-hybridized carbons (Fsp3) is 0.333. The zero-order chi connectivity index (χ0) is 11.6. The predicted octanol–water partition coefficient (Wildman–Crippen LogP) is 3.05. The molecule has 1 aromatic carbocycles. The van der Waals surface area contributed by atoms with Crippen LogP contribution in [-0.2, 0) is 0 Å². The van der Waals surface area contributed by atoms with Crippen LogP contribution in [0.3, 0.4) is 0 Å². The summed E-state index contributed by atoms with van der Waals surface area (Å²) in [5.41, 5.74) is -0.227. The molecular weight excluding hydrogens is 277 g/mol. The third-order valence-electron chi connectivity index (χ3n) is 1.80. The average molecular weight is 285 g/mol. The van der Waals surface area contributed by atoms with Crippen molar-refractivity contribution in [1.29, 1.82) is 0 Å². The fourth-order valence-electron chi connectivity index (χ4n) is 1.04. The molecule has 0 radical (unpaired) electrons. The van der Waals surface area contributed by atoms with Crippen molar-refractivity contribution in [1.82, 2.24) is 0 Å². The van der Waals surface area contributed by atoms with E-state index in [2.05, 4.69) is 15.9 Å². The molecule has 84 valence electrons. The third kappa shape index (κ3) is 2.85. The lowest BCUT2D eigenvalue weighted by molar-refractivity contribution is -0.206. The van der Waals surface area contributed by atoms with E-state index in [1.54, 1.807) is 0 Å². The Hall–Kier alpha value is -0.750. The molecule has 0 aromatic heterocycles. The number of hydrogen-bond donors (Lipinski definition) is 1. The van der Waals surface area contributed by atoms with Gasteiger partial charge in [0.25, 0.3) is 0 Å². The second-order valence-corrected chi connectivity index (χ2v) is 3.69. The maximum atomic E-state index is 12.2. The summed E-state index contributed by atoms with van der Waals surface area (Å²) in [7, 11) is 1.40. The normalized spacial score (nSPS) is 13.7. The summed E-state index contributed by atoms with van der Waals surface area (Å²) < 4.78 is 41.7. The van der Waals surface area contributed by atoms with Gasteiger partial charge in [0.1, 0.15) is 5.75 Å². The van der Waals surface area contributed by atoms with E-state index in [-0.39, 0.29) is 5.56 Å². The molecule has 1 N–H and O–H groups in total. The van der Waals surface area contributed by atoms with E-state index in [9.17, 15) is 13.2 Å². The molecule has 0 amide bonds. The van der Waals surface area contributed by atoms with Gasteiger partial charge < -0.3 is 9.84 Å². The van der Waals surface area contributed by atoms with Gasteiger partial charge in [0.15, 0.2) is 6.10 Å². The van der Waals surface area contributed by atoms with Gasteiger partial charge >= 0.3 is 6.18 Å². The molecule has 1 aromatic rings. The van der Waals surface area contributed by atoms with E-state index in [4.69, 9.17) is 9.84 Å². The van der Waals surface area contributed by atoms with Gasteiger partial charge in [-0.3, -0.25) is 0 Å². The van der Waals surface area contributed by atoms with Crippen LogP contribution < -0.4 is 4.74 Å². The second kappa shape index (κ2) is 4.40. The van der Waals surface area contributed by atoms with Crippen LogP contribution in [0.15, 0.2) is 22.7 Å². The molecule has 2 nitrogen and oxygen atoms in total. The highest BCUT2D eigenvalue weighted by molar-refractivity contribution is 9.10. The lowest BCUT2D eigenvalue weighted by Gasteiger charge is -2.15. The Labute approximate surface area is 92.8 Å². The first-order valence-electron chi connectivity index (χ1n) is 3.94. The summed E-state index contributed by atoms with van der Waals surface area (Å²) in [6, 6.07) is 3.70. The molecule has 0 spiro atoms. The van der Waals surface area contributed by atoms with Crippen LogP contribution in [0.4, 0.5) is 13.2 Å². The molecule has 6 heteroatoms. The minimum atomic E-state index is -4.66. The van der Waals surface area contributed by atoms with E-state index in [1.165, 1.54) is 25.3 Å². The van der Waals surface area contributed by atoms with E-state index in [0.717, 1.165) is 0 Å². The van der Waals surface area contributed by atoms with Crippen molar-refractivity contribution in [2.24, 2.45) is 0 Å². The predicted molar refractivity (Wildman–Crippen MR) is 51.7 cm³/mol. The largest absolute Gasteiger partial charge is 0.496 e. The maximum absolute atomic E-state index is 12.2. The number of benzene rings is 1. The van der Waals surface area contributed by atoms with Gasteiger partial charge in [0, 0.05) is 0 Å². The summed E-state index contributed by atoms with van der Waals surface area (Å²) in [5.74, 6) is 0.410. The first-order valence-corrected chi connectivity index (χ1v) is 4.73. The number of aliphatic hydroxyl groups is 1. The molecule has 1 atom stereocenters. The molecule has 0 saturated heterocycles. The van der Waals surface area contributed by atoms with Crippen LogP contribution in [-0.4, -0.2) is 18.4 Å². The van der Waals surface area contributed by atoms with Gasteiger partial charge in [-0.25, -0.2) is 0 Å². The molecule has 15 heavy (non-hydrogen) atoms. The van der Waals surface area contributed by atoms with Crippen LogP contribution in [0.1, 0.15) is 11.7 Å². The summed E-state index contributed by atoms with van der Waals surface area (Å²) in [5, 5.41) is 8.96. The van der Waals surface area contributed by atoms with Crippen molar-refractivity contribution in [3.63, 3.8) is 0 Å². The van der Waals surface area contributed by atoms with Gasteiger partial charge in [-0.1, -0.05) is 6.07 Å². The second-order valence-electron chi connectivity index (χ2n) is 2.84. The maximum Gasteiger partial charge on any atom is 0.418 e.